The molecule has 0 radical (unpaired) electrons. The van der Waals surface area contributed by atoms with Gasteiger partial charge in [0.15, 0.2) is 0 Å². The molecule has 9 heavy (non-hydrogen) atoms. The second-order valence-corrected chi connectivity index (χ2v) is 2.10. The Kier molecular flexibility index (Phi) is 2.37. The van der Waals surface area contributed by atoms with Gasteiger partial charge < -0.3 is 4.74 Å². The lowest BCUT2D eigenvalue weighted by molar-refractivity contribution is 0.206. The van der Waals surface area contributed by atoms with Gasteiger partial charge in [-0.2, -0.15) is 0 Å². The average Bonchev–Trinajstić information content (AvgIpc) is 1.91. The van der Waals surface area contributed by atoms with Gasteiger partial charge in [-0.15, -0.1) is 0 Å². The van der Waals surface area contributed by atoms with Crippen LogP contribution in [0.15, 0.2) is 24.0 Å². The van der Waals surface area contributed by atoms with Crippen LogP contribution in [0.2, 0.25) is 0 Å². The van der Waals surface area contributed by atoms with E-state index in [0.717, 1.165) is 12.4 Å². The highest BCUT2D eigenvalue weighted by molar-refractivity contribution is 5.12. The predicted octanol–water partition coefficient (Wildman–Crippen LogP) is 2.26. The van der Waals surface area contributed by atoms with Gasteiger partial charge in [0.05, 0.1) is 6.61 Å². The fraction of sp³-hybridized carbons (Fsp3) is 0.500. The first-order chi connectivity index (χ1) is 4.43. The summed E-state index contributed by atoms with van der Waals surface area (Å²) in [7, 11) is 0. The maximum absolute atomic E-state index is 5.29. The largest absolute Gasteiger partial charge is 0.494 e. The molecule has 0 unspecified atom stereocenters. The van der Waals surface area contributed by atoms with E-state index in [1.54, 1.807) is 0 Å². The maximum Gasteiger partial charge on any atom is 0.114 e. The van der Waals surface area contributed by atoms with E-state index >= 15 is 0 Å². The van der Waals surface area contributed by atoms with E-state index < -0.39 is 0 Å². The van der Waals surface area contributed by atoms with Crippen molar-refractivity contribution in [2.24, 2.45) is 0 Å². The lowest BCUT2D eigenvalue weighted by Crippen LogP contribution is -1.98. The van der Waals surface area contributed by atoms with Crippen LogP contribution in [0.4, 0.5) is 0 Å². The minimum absolute atomic E-state index is 0.885. The maximum atomic E-state index is 5.29. The fourth-order valence-corrected chi connectivity index (χ4v) is 0.857. The van der Waals surface area contributed by atoms with Crippen molar-refractivity contribution in [1.29, 1.82) is 0 Å². The SMILES string of the molecule is C/C=C\C1=CCCCO1. The van der Waals surface area contributed by atoms with Crippen LogP contribution in [-0.2, 0) is 4.74 Å². The quantitative estimate of drug-likeness (QED) is 0.521. The van der Waals surface area contributed by atoms with E-state index in [2.05, 4.69) is 6.08 Å². The highest BCUT2D eigenvalue weighted by Crippen LogP contribution is 2.09. The molecule has 50 valence electrons. The average molecular weight is 124 g/mol. The van der Waals surface area contributed by atoms with E-state index in [0.29, 0.717) is 0 Å². The second-order valence-electron chi connectivity index (χ2n) is 2.10. The molecule has 0 fully saturated rings. The highest BCUT2D eigenvalue weighted by atomic mass is 16.5. The van der Waals surface area contributed by atoms with Gasteiger partial charge in [-0.1, -0.05) is 6.08 Å². The van der Waals surface area contributed by atoms with Crippen molar-refractivity contribution in [3.05, 3.63) is 24.0 Å². The molecular weight excluding hydrogens is 112 g/mol. The van der Waals surface area contributed by atoms with E-state index in [1.807, 2.05) is 19.1 Å². The Balaban J connectivity index is 2.46. The molecule has 1 rings (SSSR count). The van der Waals surface area contributed by atoms with Gasteiger partial charge in [0, 0.05) is 0 Å². The van der Waals surface area contributed by atoms with E-state index in [4.69, 9.17) is 4.74 Å². The highest BCUT2D eigenvalue weighted by Gasteiger charge is 1.97. The molecule has 0 aromatic rings. The van der Waals surface area contributed by atoms with Gasteiger partial charge >= 0.3 is 0 Å². The van der Waals surface area contributed by atoms with E-state index in [1.165, 1.54) is 12.8 Å². The molecule has 0 saturated heterocycles. The Morgan fingerprint density at radius 2 is 2.56 bits per heavy atom. The molecule has 1 aliphatic rings. The van der Waals surface area contributed by atoms with Crippen molar-refractivity contribution in [3.8, 4) is 0 Å². The van der Waals surface area contributed by atoms with Crippen LogP contribution < -0.4 is 0 Å². The molecule has 0 aromatic heterocycles. The Hall–Kier alpha value is -0.720. The predicted molar refractivity (Wildman–Crippen MR) is 38.1 cm³/mol. The Bertz CT molecular complexity index is 134. The number of allylic oxidation sites excluding steroid dienone is 3. The lowest BCUT2D eigenvalue weighted by atomic mass is 10.2. The summed E-state index contributed by atoms with van der Waals surface area (Å²) in [5, 5.41) is 0. The summed E-state index contributed by atoms with van der Waals surface area (Å²) in [5.74, 6) is 1.03. The first-order valence-electron chi connectivity index (χ1n) is 3.39. The van der Waals surface area contributed by atoms with Crippen LogP contribution in [0.1, 0.15) is 19.8 Å². The number of rotatable bonds is 1. The lowest BCUT2D eigenvalue weighted by Gasteiger charge is -2.10. The molecule has 0 atom stereocenters. The van der Waals surface area contributed by atoms with Gasteiger partial charge in [-0.3, -0.25) is 0 Å². The van der Waals surface area contributed by atoms with Crippen LogP contribution in [0.5, 0.6) is 0 Å². The summed E-state index contributed by atoms with van der Waals surface area (Å²) in [6, 6.07) is 0. The summed E-state index contributed by atoms with van der Waals surface area (Å²) in [4.78, 5) is 0. The summed E-state index contributed by atoms with van der Waals surface area (Å²) >= 11 is 0. The molecule has 0 aliphatic carbocycles. The topological polar surface area (TPSA) is 9.23 Å². The fourth-order valence-electron chi connectivity index (χ4n) is 0.857. The van der Waals surface area contributed by atoms with Crippen LogP contribution in [-0.4, -0.2) is 6.61 Å². The second kappa shape index (κ2) is 3.33. The summed E-state index contributed by atoms with van der Waals surface area (Å²) < 4.78 is 5.29. The molecular formula is C8H12O. The van der Waals surface area contributed by atoms with Crippen molar-refractivity contribution in [2.75, 3.05) is 6.61 Å². The zero-order chi connectivity index (χ0) is 6.53. The Morgan fingerprint density at radius 1 is 1.67 bits per heavy atom. The zero-order valence-electron chi connectivity index (χ0n) is 5.76. The van der Waals surface area contributed by atoms with Crippen molar-refractivity contribution in [2.45, 2.75) is 19.8 Å². The third-order valence-electron chi connectivity index (χ3n) is 1.29. The first kappa shape index (κ1) is 6.40. The molecule has 0 bridgehead atoms. The van der Waals surface area contributed by atoms with Crippen LogP contribution >= 0.6 is 0 Å². The van der Waals surface area contributed by atoms with Gasteiger partial charge in [0.1, 0.15) is 5.76 Å². The van der Waals surface area contributed by atoms with Gasteiger partial charge in [-0.05, 0) is 31.9 Å². The van der Waals surface area contributed by atoms with Crippen molar-refractivity contribution in [1.82, 2.24) is 0 Å². The van der Waals surface area contributed by atoms with Gasteiger partial charge in [0.25, 0.3) is 0 Å². The molecule has 0 amide bonds. The van der Waals surface area contributed by atoms with E-state index in [-0.39, 0.29) is 0 Å². The molecule has 1 aliphatic heterocycles. The molecule has 0 spiro atoms. The molecule has 1 heterocycles. The monoisotopic (exact) mass is 124 g/mol. The van der Waals surface area contributed by atoms with Gasteiger partial charge in [0.2, 0.25) is 0 Å². The Morgan fingerprint density at radius 3 is 3.11 bits per heavy atom. The molecule has 0 N–H and O–H groups in total. The molecule has 1 nitrogen and oxygen atoms in total. The number of ether oxygens (including phenoxy) is 1. The van der Waals surface area contributed by atoms with Crippen LogP contribution in [0.25, 0.3) is 0 Å². The third-order valence-corrected chi connectivity index (χ3v) is 1.29. The third kappa shape index (κ3) is 1.92. The van der Waals surface area contributed by atoms with Crippen LogP contribution in [0.3, 0.4) is 0 Å². The minimum Gasteiger partial charge on any atom is -0.494 e. The van der Waals surface area contributed by atoms with E-state index in [9.17, 15) is 0 Å². The van der Waals surface area contributed by atoms with Gasteiger partial charge in [-0.25, -0.2) is 0 Å². The smallest absolute Gasteiger partial charge is 0.114 e. The molecule has 0 saturated carbocycles. The standard InChI is InChI=1S/C8H12O/c1-2-5-8-6-3-4-7-9-8/h2,5-6H,3-4,7H2,1H3/b5-2-. The number of hydrogen-bond donors (Lipinski definition) is 0. The first-order valence-corrected chi connectivity index (χ1v) is 3.39. The summed E-state index contributed by atoms with van der Waals surface area (Å²) in [5.41, 5.74) is 0. The molecule has 1 heteroatoms. The minimum atomic E-state index is 0.885. The zero-order valence-corrected chi connectivity index (χ0v) is 5.76. The summed E-state index contributed by atoms with van der Waals surface area (Å²) in [6.07, 6.45) is 8.46. The van der Waals surface area contributed by atoms with Crippen molar-refractivity contribution >= 4 is 0 Å². The Labute approximate surface area is 56.0 Å². The van der Waals surface area contributed by atoms with Crippen molar-refractivity contribution in [3.63, 3.8) is 0 Å². The normalized spacial score (nSPS) is 19.4. The molecule has 0 aromatic carbocycles. The van der Waals surface area contributed by atoms with Crippen molar-refractivity contribution < 1.29 is 4.74 Å². The summed E-state index contributed by atoms with van der Waals surface area (Å²) in [6.45, 7) is 2.88. The number of hydrogen-bond acceptors (Lipinski definition) is 1. The van der Waals surface area contributed by atoms with Crippen LogP contribution in [0, 0.1) is 0 Å².